The molecule has 3 aromatic carbocycles. The first-order chi connectivity index (χ1) is 12.6. The molecule has 1 aliphatic rings. The molecule has 4 heteroatoms. The number of hydrogen-bond donors (Lipinski definition) is 2. The standard InChI is InChI=1S/C22H20N2O2/c1-22(23-20-13-6-5-12-19(20)21(25)24-22)17-10-7-11-18(14-17)26-15-16-8-3-2-4-9-16/h2-14,23H,15H2,1H3,(H,24,25). The van der Waals surface area contributed by atoms with Crippen LogP contribution in [0.15, 0.2) is 78.9 Å². The molecule has 0 saturated heterocycles. The lowest BCUT2D eigenvalue weighted by Crippen LogP contribution is -2.52. The molecule has 0 fully saturated rings. The van der Waals surface area contributed by atoms with Crippen LogP contribution in [-0.4, -0.2) is 5.91 Å². The van der Waals surface area contributed by atoms with Gasteiger partial charge in [0.25, 0.3) is 5.91 Å². The number of anilines is 1. The number of benzene rings is 3. The van der Waals surface area contributed by atoms with Crippen molar-refractivity contribution in [3.63, 3.8) is 0 Å². The highest BCUT2D eigenvalue weighted by Crippen LogP contribution is 2.32. The third-order valence-corrected chi connectivity index (χ3v) is 4.58. The maximum absolute atomic E-state index is 12.5. The van der Waals surface area contributed by atoms with Gasteiger partial charge in [0, 0.05) is 11.3 Å². The molecule has 1 aliphatic heterocycles. The van der Waals surface area contributed by atoms with E-state index >= 15 is 0 Å². The summed E-state index contributed by atoms with van der Waals surface area (Å²) in [6, 6.07) is 25.4. The topological polar surface area (TPSA) is 50.4 Å². The summed E-state index contributed by atoms with van der Waals surface area (Å²) in [6.07, 6.45) is 0. The van der Waals surface area contributed by atoms with Crippen molar-refractivity contribution in [3.05, 3.63) is 95.6 Å². The maximum atomic E-state index is 12.5. The van der Waals surface area contributed by atoms with Crippen molar-refractivity contribution in [2.75, 3.05) is 5.32 Å². The quantitative estimate of drug-likeness (QED) is 0.742. The molecule has 2 N–H and O–H groups in total. The van der Waals surface area contributed by atoms with E-state index in [-0.39, 0.29) is 5.91 Å². The van der Waals surface area contributed by atoms with Gasteiger partial charge in [-0.05, 0) is 36.8 Å². The van der Waals surface area contributed by atoms with E-state index in [9.17, 15) is 4.79 Å². The fourth-order valence-corrected chi connectivity index (χ4v) is 3.17. The second-order valence-corrected chi connectivity index (χ2v) is 6.55. The molecule has 1 heterocycles. The smallest absolute Gasteiger partial charge is 0.255 e. The van der Waals surface area contributed by atoms with E-state index in [0.29, 0.717) is 12.2 Å². The van der Waals surface area contributed by atoms with Crippen LogP contribution in [0, 0.1) is 0 Å². The molecule has 1 atom stereocenters. The van der Waals surface area contributed by atoms with Crippen LogP contribution in [0.2, 0.25) is 0 Å². The molecule has 0 bridgehead atoms. The lowest BCUT2D eigenvalue weighted by Gasteiger charge is -2.38. The largest absolute Gasteiger partial charge is 0.489 e. The Bertz CT molecular complexity index is 940. The van der Waals surface area contributed by atoms with Crippen LogP contribution in [-0.2, 0) is 12.3 Å². The molecule has 0 aromatic heterocycles. The van der Waals surface area contributed by atoms with Gasteiger partial charge in [-0.2, -0.15) is 0 Å². The first-order valence-electron chi connectivity index (χ1n) is 8.61. The molecule has 0 saturated carbocycles. The van der Waals surface area contributed by atoms with Gasteiger partial charge in [0.2, 0.25) is 0 Å². The van der Waals surface area contributed by atoms with Gasteiger partial charge in [0.15, 0.2) is 0 Å². The average Bonchev–Trinajstić information content (AvgIpc) is 2.67. The van der Waals surface area contributed by atoms with Crippen molar-refractivity contribution in [2.24, 2.45) is 0 Å². The van der Waals surface area contributed by atoms with Crippen molar-refractivity contribution < 1.29 is 9.53 Å². The summed E-state index contributed by atoms with van der Waals surface area (Å²) in [6.45, 7) is 2.46. The number of ether oxygens (including phenoxy) is 1. The van der Waals surface area contributed by atoms with Crippen LogP contribution in [0.25, 0.3) is 0 Å². The molecule has 4 rings (SSSR count). The lowest BCUT2D eigenvalue weighted by molar-refractivity contribution is 0.0906. The van der Waals surface area contributed by atoms with Gasteiger partial charge in [0.1, 0.15) is 18.0 Å². The van der Waals surface area contributed by atoms with Gasteiger partial charge in [-0.3, -0.25) is 4.79 Å². The molecule has 1 unspecified atom stereocenters. The monoisotopic (exact) mass is 344 g/mol. The Morgan fingerprint density at radius 2 is 1.65 bits per heavy atom. The molecule has 3 aromatic rings. The van der Waals surface area contributed by atoms with Crippen molar-refractivity contribution >= 4 is 11.6 Å². The highest BCUT2D eigenvalue weighted by molar-refractivity contribution is 6.02. The molecule has 0 spiro atoms. The summed E-state index contributed by atoms with van der Waals surface area (Å²) in [7, 11) is 0. The first-order valence-corrected chi connectivity index (χ1v) is 8.61. The molecule has 1 amide bonds. The summed E-state index contributed by atoms with van der Waals surface area (Å²) in [5.41, 5.74) is 2.83. The Kier molecular flexibility index (Phi) is 4.09. The Morgan fingerprint density at radius 1 is 0.885 bits per heavy atom. The van der Waals surface area contributed by atoms with E-state index in [1.54, 1.807) is 0 Å². The summed E-state index contributed by atoms with van der Waals surface area (Å²) in [5, 5.41) is 6.49. The van der Waals surface area contributed by atoms with Crippen molar-refractivity contribution in [1.82, 2.24) is 5.32 Å². The van der Waals surface area contributed by atoms with Crippen LogP contribution in [0.3, 0.4) is 0 Å². The zero-order valence-electron chi connectivity index (χ0n) is 14.5. The van der Waals surface area contributed by atoms with Crippen LogP contribution < -0.4 is 15.4 Å². The second kappa shape index (κ2) is 6.56. The summed E-state index contributed by atoms with van der Waals surface area (Å²) in [5.74, 6) is 0.681. The summed E-state index contributed by atoms with van der Waals surface area (Å²) < 4.78 is 5.92. The highest BCUT2D eigenvalue weighted by atomic mass is 16.5. The molecular weight excluding hydrogens is 324 g/mol. The zero-order chi connectivity index (χ0) is 18.0. The third kappa shape index (κ3) is 3.14. The fourth-order valence-electron chi connectivity index (χ4n) is 3.17. The molecule has 0 aliphatic carbocycles. The van der Waals surface area contributed by atoms with Gasteiger partial charge in [0.05, 0.1) is 5.56 Å². The number of nitrogens with one attached hydrogen (secondary N) is 2. The Hall–Kier alpha value is -3.27. The van der Waals surface area contributed by atoms with Gasteiger partial charge >= 0.3 is 0 Å². The summed E-state index contributed by atoms with van der Waals surface area (Å²) in [4.78, 5) is 12.5. The second-order valence-electron chi connectivity index (χ2n) is 6.55. The highest BCUT2D eigenvalue weighted by Gasteiger charge is 2.34. The number of amides is 1. The minimum absolute atomic E-state index is 0.0857. The Balaban J connectivity index is 1.57. The average molecular weight is 344 g/mol. The number of fused-ring (bicyclic) bond motifs is 1. The number of carbonyl (C=O) groups is 1. The van der Waals surface area contributed by atoms with Crippen molar-refractivity contribution in [2.45, 2.75) is 19.2 Å². The van der Waals surface area contributed by atoms with E-state index in [0.717, 1.165) is 22.6 Å². The maximum Gasteiger partial charge on any atom is 0.255 e. The predicted molar refractivity (Wildman–Crippen MR) is 102 cm³/mol. The molecule has 0 radical (unpaired) electrons. The summed E-state index contributed by atoms with van der Waals surface area (Å²) >= 11 is 0. The van der Waals surface area contributed by atoms with Crippen LogP contribution in [0.4, 0.5) is 5.69 Å². The molecule has 4 nitrogen and oxygen atoms in total. The van der Waals surface area contributed by atoms with Gasteiger partial charge in [-0.1, -0.05) is 54.6 Å². The number of para-hydroxylation sites is 1. The fraction of sp³-hybridized carbons (Fsp3) is 0.136. The lowest BCUT2D eigenvalue weighted by atomic mass is 9.96. The van der Waals surface area contributed by atoms with E-state index in [1.165, 1.54) is 0 Å². The zero-order valence-corrected chi connectivity index (χ0v) is 14.5. The predicted octanol–water partition coefficient (Wildman–Crippen LogP) is 4.29. The van der Waals surface area contributed by atoms with Crippen molar-refractivity contribution in [3.8, 4) is 5.75 Å². The third-order valence-electron chi connectivity index (χ3n) is 4.58. The van der Waals surface area contributed by atoms with Gasteiger partial charge in [-0.25, -0.2) is 0 Å². The minimum atomic E-state index is -0.697. The Labute approximate surface area is 152 Å². The normalized spacial score (nSPS) is 18.4. The van der Waals surface area contributed by atoms with E-state index in [4.69, 9.17) is 4.74 Å². The minimum Gasteiger partial charge on any atom is -0.489 e. The van der Waals surface area contributed by atoms with Crippen LogP contribution in [0.5, 0.6) is 5.75 Å². The number of rotatable bonds is 4. The first kappa shape index (κ1) is 16.2. The SMILES string of the molecule is CC1(c2cccc(OCc3ccccc3)c2)NC(=O)c2ccccc2N1. The number of carbonyl (C=O) groups excluding carboxylic acids is 1. The van der Waals surface area contributed by atoms with E-state index in [1.807, 2.05) is 85.8 Å². The molecular formula is C22H20N2O2. The van der Waals surface area contributed by atoms with Crippen LogP contribution >= 0.6 is 0 Å². The van der Waals surface area contributed by atoms with Crippen molar-refractivity contribution in [1.29, 1.82) is 0 Å². The van der Waals surface area contributed by atoms with Gasteiger partial charge in [-0.15, -0.1) is 0 Å². The van der Waals surface area contributed by atoms with E-state index < -0.39 is 5.66 Å². The van der Waals surface area contributed by atoms with Gasteiger partial charge < -0.3 is 15.4 Å². The van der Waals surface area contributed by atoms with E-state index in [2.05, 4.69) is 10.6 Å². The Morgan fingerprint density at radius 3 is 2.50 bits per heavy atom. The molecule has 130 valence electrons. The van der Waals surface area contributed by atoms with Crippen LogP contribution in [0.1, 0.15) is 28.4 Å². The molecule has 26 heavy (non-hydrogen) atoms. The number of hydrogen-bond acceptors (Lipinski definition) is 3.